The van der Waals surface area contributed by atoms with Crippen molar-refractivity contribution >= 4 is 28.7 Å². The van der Waals surface area contributed by atoms with Crippen LogP contribution in [0.3, 0.4) is 0 Å². The second-order valence-corrected chi connectivity index (χ2v) is 7.58. The van der Waals surface area contributed by atoms with Crippen molar-refractivity contribution in [2.45, 2.75) is 25.8 Å². The lowest BCUT2D eigenvalue weighted by molar-refractivity contribution is -0.134. The second-order valence-electron chi connectivity index (χ2n) is 7.58. The average molecular weight is 437 g/mol. The molecule has 0 spiro atoms. The molecule has 2 aromatic carbocycles. The van der Waals surface area contributed by atoms with E-state index in [1.165, 1.54) is 7.11 Å². The number of aliphatic carboxylic acids is 1. The van der Waals surface area contributed by atoms with E-state index in [1.807, 2.05) is 42.5 Å². The molecule has 4 rings (SSSR count). The van der Waals surface area contributed by atoms with Crippen LogP contribution in [0, 0.1) is 0 Å². The Kier molecular flexibility index (Phi) is 7.62. The Labute approximate surface area is 186 Å². The summed E-state index contributed by atoms with van der Waals surface area (Å²) in [5, 5.41) is 14.7. The zero-order valence-electron chi connectivity index (χ0n) is 18.1. The van der Waals surface area contributed by atoms with Gasteiger partial charge in [-0.25, -0.2) is 4.79 Å². The molecular formula is C24H27N3O5. The van der Waals surface area contributed by atoms with Crippen molar-refractivity contribution in [2.24, 2.45) is 0 Å². The minimum Gasteiger partial charge on any atom is -0.481 e. The van der Waals surface area contributed by atoms with E-state index < -0.39 is 11.9 Å². The van der Waals surface area contributed by atoms with E-state index in [2.05, 4.69) is 15.6 Å². The molecule has 0 saturated carbocycles. The van der Waals surface area contributed by atoms with Crippen LogP contribution in [0.15, 0.2) is 48.5 Å². The minimum absolute atomic E-state index is 0.0653. The van der Waals surface area contributed by atoms with Crippen LogP contribution in [-0.2, 0) is 9.53 Å². The maximum absolute atomic E-state index is 12.5. The van der Waals surface area contributed by atoms with Gasteiger partial charge >= 0.3 is 5.97 Å². The summed E-state index contributed by atoms with van der Waals surface area (Å²) >= 11 is 0. The molecule has 1 aliphatic rings. The summed E-state index contributed by atoms with van der Waals surface area (Å²) in [5.41, 5.74) is 3.82. The van der Waals surface area contributed by atoms with Crippen molar-refractivity contribution in [3.05, 3.63) is 59.8 Å². The number of nitrogens with one attached hydrogen (secondary N) is 3. The highest BCUT2D eigenvalue weighted by Gasteiger charge is 2.16. The molecule has 4 N–H and O–H groups in total. The van der Waals surface area contributed by atoms with Gasteiger partial charge in [-0.3, -0.25) is 9.59 Å². The summed E-state index contributed by atoms with van der Waals surface area (Å²) in [6, 6.07) is 15.6. The Morgan fingerprint density at radius 2 is 1.88 bits per heavy atom. The van der Waals surface area contributed by atoms with Crippen LogP contribution in [0.1, 0.15) is 40.6 Å². The first-order chi connectivity index (χ1) is 15.4. The smallest absolute Gasteiger partial charge is 0.354 e. The lowest BCUT2D eigenvalue weighted by Crippen LogP contribution is -2.37. The number of benzene rings is 2. The van der Waals surface area contributed by atoms with Gasteiger partial charge < -0.3 is 25.5 Å². The van der Waals surface area contributed by atoms with Crippen LogP contribution in [0.25, 0.3) is 22.0 Å². The number of carboxylic acid groups (broad SMARTS) is 1. The number of ether oxygens (including phenoxy) is 1. The molecule has 1 amide bonds. The highest BCUT2D eigenvalue weighted by molar-refractivity contribution is 5.97. The molecule has 1 aliphatic heterocycles. The zero-order chi connectivity index (χ0) is 23.1. The summed E-state index contributed by atoms with van der Waals surface area (Å²) in [6.45, 7) is 2.75. The number of carbonyl (C=O) groups excluding carboxylic acids is 2. The lowest BCUT2D eigenvalue weighted by Gasteiger charge is -2.12. The van der Waals surface area contributed by atoms with E-state index >= 15 is 0 Å². The van der Waals surface area contributed by atoms with Gasteiger partial charge in [-0.2, -0.15) is 0 Å². The highest BCUT2D eigenvalue weighted by Crippen LogP contribution is 2.26. The molecule has 0 unspecified atom stereocenters. The van der Waals surface area contributed by atoms with Crippen LogP contribution < -0.4 is 10.6 Å². The quantitative estimate of drug-likeness (QED) is 0.455. The largest absolute Gasteiger partial charge is 0.481 e. The first kappa shape index (κ1) is 23.0. The first-order valence-electron chi connectivity index (χ1n) is 10.4. The number of aromatic nitrogens is 1. The third kappa shape index (κ3) is 5.95. The second kappa shape index (κ2) is 10.6. The summed E-state index contributed by atoms with van der Waals surface area (Å²) in [7, 11) is 1.36. The van der Waals surface area contributed by atoms with Crippen LogP contribution in [0.2, 0.25) is 0 Å². The van der Waals surface area contributed by atoms with Gasteiger partial charge in [0.05, 0.1) is 7.11 Å². The van der Waals surface area contributed by atoms with Crippen LogP contribution >= 0.6 is 0 Å². The number of fused-ring (bicyclic) bond motifs is 1. The SMILES string of the molecule is CC(=O)O.COC(=O)c1cc2ccc(-c3cccc(C(=O)NC[C@@H]4CCCN4)c3)cc2[nH]1. The Morgan fingerprint density at radius 3 is 2.56 bits per heavy atom. The predicted octanol–water partition coefficient (Wildman–Crippen LogP) is 3.19. The number of hydrogen-bond donors (Lipinski definition) is 4. The Hall–Kier alpha value is -3.65. The third-order valence-corrected chi connectivity index (χ3v) is 5.16. The van der Waals surface area contributed by atoms with Crippen molar-refractivity contribution in [3.8, 4) is 11.1 Å². The molecule has 8 heteroatoms. The van der Waals surface area contributed by atoms with Crippen LogP contribution in [0.4, 0.5) is 0 Å². The fourth-order valence-electron chi connectivity index (χ4n) is 3.62. The Morgan fingerprint density at radius 1 is 1.12 bits per heavy atom. The molecule has 1 atom stereocenters. The molecule has 8 nitrogen and oxygen atoms in total. The molecular weight excluding hydrogens is 410 g/mol. The molecule has 32 heavy (non-hydrogen) atoms. The number of H-pyrrole nitrogens is 1. The van der Waals surface area contributed by atoms with Crippen molar-refractivity contribution in [1.82, 2.24) is 15.6 Å². The Balaban J connectivity index is 0.000000668. The van der Waals surface area contributed by atoms with Gasteiger partial charge in [-0.1, -0.05) is 24.3 Å². The summed E-state index contributed by atoms with van der Waals surface area (Å²) in [5.74, 6) is -1.29. The normalized spacial score (nSPS) is 15.0. The van der Waals surface area contributed by atoms with Crippen molar-refractivity contribution in [1.29, 1.82) is 0 Å². The number of methoxy groups -OCH3 is 1. The molecule has 1 aromatic heterocycles. The molecule has 0 radical (unpaired) electrons. The molecule has 1 saturated heterocycles. The van der Waals surface area contributed by atoms with Gasteiger partial charge in [0.2, 0.25) is 0 Å². The van der Waals surface area contributed by atoms with Crippen LogP contribution in [-0.4, -0.2) is 54.2 Å². The third-order valence-electron chi connectivity index (χ3n) is 5.16. The van der Waals surface area contributed by atoms with E-state index in [0.29, 0.717) is 23.8 Å². The van der Waals surface area contributed by atoms with Gasteiger partial charge in [-0.05, 0) is 54.8 Å². The molecule has 0 aliphatic carbocycles. The summed E-state index contributed by atoms with van der Waals surface area (Å²) in [6.07, 6.45) is 2.26. The number of amides is 1. The monoisotopic (exact) mass is 437 g/mol. The number of carbonyl (C=O) groups is 3. The number of carboxylic acids is 1. The predicted molar refractivity (Wildman–Crippen MR) is 122 cm³/mol. The number of esters is 1. The maximum Gasteiger partial charge on any atom is 0.354 e. The molecule has 0 bridgehead atoms. The van der Waals surface area contributed by atoms with Crippen LogP contribution in [0.5, 0.6) is 0 Å². The van der Waals surface area contributed by atoms with Crippen molar-refractivity contribution in [3.63, 3.8) is 0 Å². The van der Waals surface area contributed by atoms with Gasteiger partial charge in [0, 0.05) is 36.0 Å². The fraction of sp³-hybridized carbons (Fsp3) is 0.292. The van der Waals surface area contributed by atoms with Crippen molar-refractivity contribution in [2.75, 3.05) is 20.2 Å². The zero-order valence-corrected chi connectivity index (χ0v) is 18.1. The minimum atomic E-state index is -0.833. The summed E-state index contributed by atoms with van der Waals surface area (Å²) < 4.78 is 4.76. The van der Waals surface area contributed by atoms with E-state index in [-0.39, 0.29) is 5.91 Å². The molecule has 1 fully saturated rings. The molecule has 168 valence electrons. The van der Waals surface area contributed by atoms with E-state index in [1.54, 1.807) is 6.07 Å². The van der Waals surface area contributed by atoms with Gasteiger partial charge in [0.15, 0.2) is 0 Å². The average Bonchev–Trinajstić information content (AvgIpc) is 3.45. The standard InChI is InChI=1S/C22H23N3O3.C2H4O2/c1-28-22(27)20-12-16-8-7-15(11-19(16)25-20)14-4-2-5-17(10-14)21(26)24-13-18-6-3-9-23-18;1-2(3)4/h2,4-5,7-8,10-12,18,23,25H,3,6,9,13H2,1H3,(H,24,26);1H3,(H,3,4)/t18-;/m0./s1. The summed E-state index contributed by atoms with van der Waals surface area (Å²) in [4.78, 5) is 36.3. The number of rotatable bonds is 5. The van der Waals surface area contributed by atoms with Gasteiger partial charge in [0.25, 0.3) is 11.9 Å². The fourth-order valence-corrected chi connectivity index (χ4v) is 3.62. The number of aromatic amines is 1. The van der Waals surface area contributed by atoms with Crippen molar-refractivity contribution < 1.29 is 24.2 Å². The van der Waals surface area contributed by atoms with Gasteiger partial charge in [0.1, 0.15) is 5.69 Å². The Bertz CT molecular complexity index is 1110. The van der Waals surface area contributed by atoms with Gasteiger partial charge in [-0.15, -0.1) is 0 Å². The van der Waals surface area contributed by atoms with E-state index in [4.69, 9.17) is 14.6 Å². The number of hydrogen-bond acceptors (Lipinski definition) is 5. The molecule has 3 aromatic rings. The molecule has 2 heterocycles. The first-order valence-corrected chi connectivity index (χ1v) is 10.4. The van der Waals surface area contributed by atoms with E-state index in [9.17, 15) is 9.59 Å². The topological polar surface area (TPSA) is 121 Å². The highest BCUT2D eigenvalue weighted by atomic mass is 16.5. The van der Waals surface area contributed by atoms with E-state index in [0.717, 1.165) is 48.3 Å². The maximum atomic E-state index is 12.5. The lowest BCUT2D eigenvalue weighted by atomic mass is 10.0.